The van der Waals surface area contributed by atoms with Crippen LogP contribution in [0.2, 0.25) is 0 Å². The van der Waals surface area contributed by atoms with Crippen LogP contribution in [0.3, 0.4) is 0 Å². The van der Waals surface area contributed by atoms with E-state index in [0.29, 0.717) is 24.7 Å². The first-order valence-electron chi connectivity index (χ1n) is 9.48. The van der Waals surface area contributed by atoms with E-state index >= 15 is 0 Å². The van der Waals surface area contributed by atoms with Crippen LogP contribution in [0.15, 0.2) is 59.8 Å². The van der Waals surface area contributed by atoms with Crippen LogP contribution >= 0.6 is 0 Å². The number of nitrogens with one attached hydrogen (secondary N) is 1. The fraction of sp³-hybridized carbons (Fsp3) is 0.273. The molecular formula is C22H23N3O3. The summed E-state index contributed by atoms with van der Waals surface area (Å²) in [5.74, 6) is 1.19. The second-order valence-corrected chi connectivity index (χ2v) is 6.58. The minimum Gasteiger partial charge on any atom is -0.494 e. The zero-order valence-electron chi connectivity index (χ0n) is 16.2. The summed E-state index contributed by atoms with van der Waals surface area (Å²) in [5.41, 5.74) is 4.13. The molecule has 28 heavy (non-hydrogen) atoms. The van der Waals surface area contributed by atoms with E-state index in [0.717, 1.165) is 28.0 Å². The number of fused-ring (bicyclic) bond motifs is 3. The highest BCUT2D eigenvalue weighted by molar-refractivity contribution is 5.94. The standard InChI is InChI=1S/C22H23N3O3/c1-4-27-16-12-10-15(11-13-16)20-19(21(26)28-5-2)14(3)23-22-24-17-8-6-7-9-18(17)25(20)22/h6-13,20H,4-5H2,1-3H3,(H,23,24)/t20-/m0/s1. The first-order chi connectivity index (χ1) is 13.6. The topological polar surface area (TPSA) is 65.4 Å². The van der Waals surface area contributed by atoms with Crippen LogP contribution in [0.4, 0.5) is 5.95 Å². The summed E-state index contributed by atoms with van der Waals surface area (Å²) in [4.78, 5) is 17.6. The number of imidazole rings is 1. The van der Waals surface area contributed by atoms with Crippen LogP contribution in [-0.4, -0.2) is 28.7 Å². The maximum absolute atomic E-state index is 12.9. The van der Waals surface area contributed by atoms with Crippen molar-refractivity contribution < 1.29 is 14.3 Å². The van der Waals surface area contributed by atoms with E-state index in [2.05, 4.69) is 9.88 Å². The van der Waals surface area contributed by atoms with Crippen LogP contribution < -0.4 is 10.1 Å². The number of para-hydroxylation sites is 2. The van der Waals surface area contributed by atoms with Crippen LogP contribution in [0.1, 0.15) is 32.4 Å². The number of anilines is 1. The zero-order valence-corrected chi connectivity index (χ0v) is 16.2. The molecule has 6 heteroatoms. The number of rotatable bonds is 5. The van der Waals surface area contributed by atoms with Gasteiger partial charge in [0.15, 0.2) is 0 Å². The van der Waals surface area contributed by atoms with E-state index in [-0.39, 0.29) is 12.0 Å². The smallest absolute Gasteiger partial charge is 0.338 e. The maximum atomic E-state index is 12.9. The van der Waals surface area contributed by atoms with Gasteiger partial charge in [0.2, 0.25) is 5.95 Å². The Morgan fingerprint density at radius 1 is 1.11 bits per heavy atom. The van der Waals surface area contributed by atoms with Gasteiger partial charge in [-0.25, -0.2) is 9.78 Å². The molecule has 0 fully saturated rings. The van der Waals surface area contributed by atoms with Gasteiger partial charge in [-0.3, -0.25) is 4.57 Å². The number of ether oxygens (including phenoxy) is 2. The number of hydrogen-bond donors (Lipinski definition) is 1. The van der Waals surface area contributed by atoms with E-state index in [9.17, 15) is 4.79 Å². The molecule has 6 nitrogen and oxygen atoms in total. The number of aromatic nitrogens is 2. The van der Waals surface area contributed by atoms with Gasteiger partial charge in [0.25, 0.3) is 0 Å². The van der Waals surface area contributed by atoms with Crippen molar-refractivity contribution in [2.24, 2.45) is 0 Å². The summed E-state index contributed by atoms with van der Waals surface area (Å²) in [6.07, 6.45) is 0. The second kappa shape index (κ2) is 7.38. The molecule has 1 aliphatic rings. The van der Waals surface area contributed by atoms with Crippen LogP contribution in [0.5, 0.6) is 5.75 Å². The summed E-state index contributed by atoms with van der Waals surface area (Å²) in [6.45, 7) is 6.58. The Bertz CT molecular complexity index is 1050. The van der Waals surface area contributed by atoms with E-state index in [1.54, 1.807) is 0 Å². The lowest BCUT2D eigenvalue weighted by Crippen LogP contribution is -2.29. The molecule has 0 amide bonds. The summed E-state index contributed by atoms with van der Waals surface area (Å²) < 4.78 is 13.0. The Morgan fingerprint density at radius 2 is 1.86 bits per heavy atom. The highest BCUT2D eigenvalue weighted by Crippen LogP contribution is 2.39. The quantitative estimate of drug-likeness (QED) is 0.672. The van der Waals surface area contributed by atoms with Crippen molar-refractivity contribution in [1.82, 2.24) is 9.55 Å². The van der Waals surface area contributed by atoms with Gasteiger partial charge in [-0.1, -0.05) is 24.3 Å². The predicted molar refractivity (Wildman–Crippen MR) is 108 cm³/mol. The Morgan fingerprint density at radius 3 is 2.57 bits per heavy atom. The zero-order chi connectivity index (χ0) is 19.7. The summed E-state index contributed by atoms with van der Waals surface area (Å²) >= 11 is 0. The molecule has 1 aromatic heterocycles. The van der Waals surface area contributed by atoms with Crippen molar-refractivity contribution in [3.8, 4) is 5.75 Å². The van der Waals surface area contributed by atoms with Crippen LogP contribution in [0, 0.1) is 0 Å². The van der Waals surface area contributed by atoms with Crippen molar-refractivity contribution in [2.45, 2.75) is 26.8 Å². The van der Waals surface area contributed by atoms with Crippen LogP contribution in [0.25, 0.3) is 11.0 Å². The number of esters is 1. The highest BCUT2D eigenvalue weighted by atomic mass is 16.5. The Labute approximate surface area is 163 Å². The average molecular weight is 377 g/mol. The summed E-state index contributed by atoms with van der Waals surface area (Å²) in [7, 11) is 0. The molecule has 0 aliphatic carbocycles. The molecule has 0 unspecified atom stereocenters. The van der Waals surface area contributed by atoms with E-state index in [1.165, 1.54) is 0 Å². The number of hydrogen-bond acceptors (Lipinski definition) is 5. The minimum atomic E-state index is -0.335. The van der Waals surface area contributed by atoms with Gasteiger partial charge in [-0.2, -0.15) is 0 Å². The lowest BCUT2D eigenvalue weighted by atomic mass is 9.95. The molecule has 0 radical (unpaired) electrons. The fourth-order valence-corrected chi connectivity index (χ4v) is 3.67. The number of carbonyl (C=O) groups excluding carboxylic acids is 1. The molecule has 4 rings (SSSR count). The molecular weight excluding hydrogens is 354 g/mol. The molecule has 1 atom stereocenters. The maximum Gasteiger partial charge on any atom is 0.338 e. The Balaban J connectivity index is 1.90. The number of allylic oxidation sites excluding steroid dienone is 1. The van der Waals surface area contributed by atoms with Gasteiger partial charge < -0.3 is 14.8 Å². The summed E-state index contributed by atoms with van der Waals surface area (Å²) in [6, 6.07) is 15.4. The number of nitrogens with zero attached hydrogens (tertiary/aromatic N) is 2. The Kier molecular flexibility index (Phi) is 4.77. The largest absolute Gasteiger partial charge is 0.494 e. The fourth-order valence-electron chi connectivity index (χ4n) is 3.67. The first kappa shape index (κ1) is 18.1. The van der Waals surface area contributed by atoms with Gasteiger partial charge in [-0.15, -0.1) is 0 Å². The van der Waals surface area contributed by atoms with Gasteiger partial charge in [-0.05, 0) is 50.6 Å². The monoisotopic (exact) mass is 377 g/mol. The van der Waals surface area contributed by atoms with Crippen molar-refractivity contribution in [2.75, 3.05) is 18.5 Å². The average Bonchev–Trinajstić information content (AvgIpc) is 3.06. The molecule has 1 aliphatic heterocycles. The normalized spacial score (nSPS) is 15.9. The van der Waals surface area contributed by atoms with E-state index < -0.39 is 0 Å². The third-order valence-electron chi connectivity index (χ3n) is 4.83. The van der Waals surface area contributed by atoms with Crippen molar-refractivity contribution in [1.29, 1.82) is 0 Å². The summed E-state index contributed by atoms with van der Waals surface area (Å²) in [5, 5.41) is 3.28. The van der Waals surface area contributed by atoms with Crippen molar-refractivity contribution in [3.05, 3.63) is 65.4 Å². The first-order valence-corrected chi connectivity index (χ1v) is 9.48. The SMILES string of the molecule is CCOC(=O)C1=C(C)Nc2nc3ccccc3n2[C@H]1c1ccc(OCC)cc1. The van der Waals surface area contributed by atoms with Gasteiger partial charge >= 0.3 is 5.97 Å². The van der Waals surface area contributed by atoms with Gasteiger partial charge in [0, 0.05) is 5.70 Å². The molecule has 0 saturated heterocycles. The molecule has 3 aromatic rings. The molecule has 1 N–H and O–H groups in total. The second-order valence-electron chi connectivity index (χ2n) is 6.58. The number of benzene rings is 2. The molecule has 2 aromatic carbocycles. The highest BCUT2D eigenvalue weighted by Gasteiger charge is 2.34. The molecule has 144 valence electrons. The van der Waals surface area contributed by atoms with E-state index in [1.807, 2.05) is 69.3 Å². The van der Waals surface area contributed by atoms with Gasteiger partial charge in [0.05, 0.1) is 35.9 Å². The Hall–Kier alpha value is -3.28. The van der Waals surface area contributed by atoms with Crippen LogP contribution in [-0.2, 0) is 9.53 Å². The third kappa shape index (κ3) is 3.01. The molecule has 2 heterocycles. The predicted octanol–water partition coefficient (Wildman–Crippen LogP) is 4.29. The lowest BCUT2D eigenvalue weighted by Gasteiger charge is -2.30. The molecule has 0 saturated carbocycles. The van der Waals surface area contributed by atoms with Crippen molar-refractivity contribution in [3.63, 3.8) is 0 Å². The van der Waals surface area contributed by atoms with Crippen molar-refractivity contribution >= 4 is 23.0 Å². The third-order valence-corrected chi connectivity index (χ3v) is 4.83. The van der Waals surface area contributed by atoms with E-state index in [4.69, 9.17) is 14.5 Å². The number of carbonyl (C=O) groups is 1. The lowest BCUT2D eigenvalue weighted by molar-refractivity contribution is -0.139. The molecule has 0 bridgehead atoms. The molecule has 0 spiro atoms. The van der Waals surface area contributed by atoms with Gasteiger partial charge in [0.1, 0.15) is 5.75 Å². The minimum absolute atomic E-state index is 0.323.